The number of methoxy groups -OCH3 is 1. The van der Waals surface area contributed by atoms with Crippen LogP contribution in [0.2, 0.25) is 0 Å². The fourth-order valence-corrected chi connectivity index (χ4v) is 2.60. The number of fused-ring (bicyclic) bond motifs is 1. The minimum absolute atomic E-state index is 0.0321. The van der Waals surface area contributed by atoms with Crippen LogP contribution in [0.3, 0.4) is 0 Å². The van der Waals surface area contributed by atoms with E-state index in [4.69, 9.17) is 10.00 Å². The minimum atomic E-state index is -4.61. The number of aromatic nitrogens is 3. The Morgan fingerprint density at radius 2 is 1.97 bits per heavy atom. The maximum Gasteiger partial charge on any atom is 0.416 e. The molecular formula is C18H14F3N7O. The van der Waals surface area contributed by atoms with E-state index in [2.05, 4.69) is 20.7 Å². The molecule has 2 heterocycles. The average molecular weight is 401 g/mol. The molecule has 0 atom stereocenters. The Morgan fingerprint density at radius 3 is 2.62 bits per heavy atom. The lowest BCUT2D eigenvalue weighted by atomic mass is 10.1. The highest BCUT2D eigenvalue weighted by Gasteiger charge is 2.31. The van der Waals surface area contributed by atoms with Crippen LogP contribution in [0.15, 0.2) is 30.5 Å². The Hall–Kier alpha value is -3.83. The molecule has 29 heavy (non-hydrogen) atoms. The molecule has 0 saturated heterocycles. The van der Waals surface area contributed by atoms with Crippen LogP contribution in [0, 0.1) is 22.7 Å². The lowest BCUT2D eigenvalue weighted by molar-refractivity contribution is -0.137. The van der Waals surface area contributed by atoms with Gasteiger partial charge in [-0.25, -0.2) is 4.98 Å². The van der Waals surface area contributed by atoms with Crippen LogP contribution in [0.25, 0.3) is 5.65 Å². The molecule has 148 valence electrons. The molecule has 0 fully saturated rings. The van der Waals surface area contributed by atoms with Gasteiger partial charge in [-0.2, -0.15) is 28.2 Å². The van der Waals surface area contributed by atoms with Crippen LogP contribution in [-0.2, 0) is 10.9 Å². The van der Waals surface area contributed by atoms with Gasteiger partial charge in [-0.3, -0.25) is 0 Å². The summed E-state index contributed by atoms with van der Waals surface area (Å²) in [6.07, 6.45) is -3.27. The van der Waals surface area contributed by atoms with Gasteiger partial charge in [-0.15, -0.1) is 5.10 Å². The van der Waals surface area contributed by atoms with Crippen molar-refractivity contribution in [2.24, 2.45) is 0 Å². The van der Waals surface area contributed by atoms with Gasteiger partial charge in [0.15, 0.2) is 17.2 Å². The third-order valence-electron chi connectivity index (χ3n) is 3.87. The number of rotatable bonds is 6. The van der Waals surface area contributed by atoms with Crippen LogP contribution in [0.1, 0.15) is 16.8 Å². The molecule has 2 aromatic heterocycles. The monoisotopic (exact) mass is 401 g/mol. The number of nitrogens with zero attached hydrogens (tertiary/aromatic N) is 5. The van der Waals surface area contributed by atoms with E-state index in [0.29, 0.717) is 24.5 Å². The fourth-order valence-electron chi connectivity index (χ4n) is 2.60. The standard InChI is InChI=1S/C18H14F3N7O/c1-29-3-2-24-15-7-16(27-28-14(9-23)10-25-17(15)28)26-13-5-11(8-22)4-12(6-13)18(19,20)21/h4-7,10,24H,2-3H2,1H3,(H,26,27). The quantitative estimate of drug-likeness (QED) is 0.610. The van der Waals surface area contributed by atoms with Crippen molar-refractivity contribution in [3.8, 4) is 12.1 Å². The third kappa shape index (κ3) is 4.36. The molecule has 0 saturated carbocycles. The average Bonchev–Trinajstić information content (AvgIpc) is 3.10. The van der Waals surface area contributed by atoms with Crippen molar-refractivity contribution in [2.45, 2.75) is 6.18 Å². The first kappa shape index (κ1) is 19.9. The first-order valence-corrected chi connectivity index (χ1v) is 8.27. The molecule has 0 spiro atoms. The van der Waals surface area contributed by atoms with Crippen molar-refractivity contribution in [1.82, 2.24) is 14.6 Å². The van der Waals surface area contributed by atoms with Crippen molar-refractivity contribution in [3.05, 3.63) is 47.3 Å². The predicted molar refractivity (Wildman–Crippen MR) is 97.5 cm³/mol. The molecule has 8 nitrogen and oxygen atoms in total. The number of hydrogen-bond donors (Lipinski definition) is 2. The van der Waals surface area contributed by atoms with Crippen LogP contribution >= 0.6 is 0 Å². The summed E-state index contributed by atoms with van der Waals surface area (Å²) in [5.41, 5.74) is -0.0375. The van der Waals surface area contributed by atoms with E-state index in [1.165, 1.54) is 16.8 Å². The van der Waals surface area contributed by atoms with Crippen molar-refractivity contribution < 1.29 is 17.9 Å². The molecule has 3 rings (SSSR count). The number of alkyl halides is 3. The van der Waals surface area contributed by atoms with Crippen LogP contribution < -0.4 is 10.6 Å². The van der Waals surface area contributed by atoms with E-state index >= 15 is 0 Å². The van der Waals surface area contributed by atoms with E-state index in [0.717, 1.165) is 12.1 Å². The molecule has 0 amide bonds. The summed E-state index contributed by atoms with van der Waals surface area (Å²) in [5.74, 6) is 0.162. The lowest BCUT2D eigenvalue weighted by Crippen LogP contribution is -2.11. The van der Waals surface area contributed by atoms with Crippen LogP contribution in [0.5, 0.6) is 0 Å². The predicted octanol–water partition coefficient (Wildman–Crippen LogP) is 3.29. The second-order valence-electron chi connectivity index (χ2n) is 5.89. The molecule has 0 aliphatic carbocycles. The molecule has 0 aliphatic heterocycles. The maximum absolute atomic E-state index is 13.1. The summed E-state index contributed by atoms with van der Waals surface area (Å²) in [6.45, 7) is 0.842. The van der Waals surface area contributed by atoms with Gasteiger partial charge in [0.25, 0.3) is 0 Å². The third-order valence-corrected chi connectivity index (χ3v) is 3.87. The smallest absolute Gasteiger partial charge is 0.383 e. The molecule has 0 radical (unpaired) electrons. The zero-order valence-electron chi connectivity index (χ0n) is 15.1. The molecular weight excluding hydrogens is 387 g/mol. The minimum Gasteiger partial charge on any atom is -0.383 e. The molecule has 3 aromatic rings. The summed E-state index contributed by atoms with van der Waals surface area (Å²) < 4.78 is 45.6. The SMILES string of the molecule is COCCNc1cc(Nc2cc(C#N)cc(C(F)(F)F)c2)nn2c(C#N)cnc12. The number of anilines is 3. The number of benzene rings is 1. The van der Waals surface area contributed by atoms with Crippen molar-refractivity contribution in [1.29, 1.82) is 10.5 Å². The zero-order chi connectivity index (χ0) is 21.0. The Morgan fingerprint density at radius 1 is 1.17 bits per heavy atom. The van der Waals surface area contributed by atoms with Gasteiger partial charge in [-0.1, -0.05) is 0 Å². The highest BCUT2D eigenvalue weighted by atomic mass is 19.4. The summed E-state index contributed by atoms with van der Waals surface area (Å²) in [7, 11) is 1.54. The number of imidazole rings is 1. The van der Waals surface area contributed by atoms with Crippen LogP contribution in [-0.4, -0.2) is 34.9 Å². The topological polar surface area (TPSA) is 111 Å². The number of nitriles is 2. The first-order valence-electron chi connectivity index (χ1n) is 8.27. The summed E-state index contributed by atoms with van der Waals surface area (Å²) in [5, 5.41) is 28.3. The van der Waals surface area contributed by atoms with Gasteiger partial charge in [-0.05, 0) is 18.2 Å². The highest BCUT2D eigenvalue weighted by Crippen LogP contribution is 2.33. The number of halogens is 3. The summed E-state index contributed by atoms with van der Waals surface area (Å²) >= 11 is 0. The van der Waals surface area contributed by atoms with Crippen molar-refractivity contribution in [3.63, 3.8) is 0 Å². The van der Waals surface area contributed by atoms with Gasteiger partial charge in [0.05, 0.1) is 35.7 Å². The van der Waals surface area contributed by atoms with Gasteiger partial charge in [0.1, 0.15) is 6.07 Å². The Kier molecular flexibility index (Phi) is 5.52. The van der Waals surface area contributed by atoms with E-state index < -0.39 is 11.7 Å². The second-order valence-corrected chi connectivity index (χ2v) is 5.89. The van der Waals surface area contributed by atoms with Gasteiger partial charge >= 0.3 is 6.18 Å². The van der Waals surface area contributed by atoms with Crippen molar-refractivity contribution in [2.75, 3.05) is 30.9 Å². The van der Waals surface area contributed by atoms with Gasteiger partial charge in [0, 0.05) is 25.4 Å². The van der Waals surface area contributed by atoms with E-state index in [1.54, 1.807) is 19.2 Å². The first-order chi connectivity index (χ1) is 13.9. The molecule has 2 N–H and O–H groups in total. The Labute approximate surface area is 163 Å². The number of ether oxygens (including phenoxy) is 1. The lowest BCUT2D eigenvalue weighted by Gasteiger charge is -2.13. The van der Waals surface area contributed by atoms with E-state index in [1.807, 2.05) is 6.07 Å². The molecule has 11 heteroatoms. The maximum atomic E-state index is 13.1. The zero-order valence-corrected chi connectivity index (χ0v) is 15.1. The number of hydrogen-bond acceptors (Lipinski definition) is 7. The molecule has 0 unspecified atom stereocenters. The number of nitrogens with one attached hydrogen (secondary N) is 2. The van der Waals surface area contributed by atoms with Crippen LogP contribution in [0.4, 0.5) is 30.4 Å². The summed E-state index contributed by atoms with van der Waals surface area (Å²) in [6, 6.07) is 8.13. The highest BCUT2D eigenvalue weighted by molar-refractivity contribution is 5.73. The van der Waals surface area contributed by atoms with Gasteiger partial charge < -0.3 is 15.4 Å². The largest absolute Gasteiger partial charge is 0.416 e. The van der Waals surface area contributed by atoms with Crippen molar-refractivity contribution >= 4 is 22.8 Å². The summed E-state index contributed by atoms with van der Waals surface area (Å²) in [4.78, 5) is 4.15. The fraction of sp³-hybridized carbons (Fsp3) is 0.222. The van der Waals surface area contributed by atoms with Gasteiger partial charge in [0.2, 0.25) is 0 Å². The molecule has 1 aromatic carbocycles. The molecule has 0 aliphatic rings. The molecule has 0 bridgehead atoms. The normalized spacial score (nSPS) is 11.1. The van der Waals surface area contributed by atoms with E-state index in [-0.39, 0.29) is 22.8 Å². The second kappa shape index (κ2) is 8.04. The Balaban J connectivity index is 2.04. The Bertz CT molecular complexity index is 1130. The van der Waals surface area contributed by atoms with E-state index in [9.17, 15) is 18.4 Å².